The van der Waals surface area contributed by atoms with Crippen molar-refractivity contribution in [2.24, 2.45) is 0 Å². The van der Waals surface area contributed by atoms with Gasteiger partial charge in [-0.05, 0) is 45.9 Å². The van der Waals surface area contributed by atoms with Crippen LogP contribution in [0.5, 0.6) is 11.5 Å². The molecule has 2 rings (SSSR count). The lowest BCUT2D eigenvalue weighted by Crippen LogP contribution is -2.17. The van der Waals surface area contributed by atoms with Crippen LogP contribution < -0.4 is 9.47 Å². The maximum Gasteiger partial charge on any atom is 0.287 e. The fraction of sp³-hybridized carbons (Fsp3) is 0.400. The monoisotopic (exact) mass is 324 g/mol. The maximum atomic E-state index is 12.9. The summed E-state index contributed by atoms with van der Waals surface area (Å²) < 4.78 is 37.6. The zero-order valence-electron chi connectivity index (χ0n) is 13.2. The van der Waals surface area contributed by atoms with Crippen molar-refractivity contribution in [1.29, 1.82) is 0 Å². The van der Waals surface area contributed by atoms with Crippen LogP contribution in [0.2, 0.25) is 0 Å². The Hall–Kier alpha value is -2.02. The molecular weight excluding hydrogens is 304 g/mol. The molecule has 0 atom stereocenters. The summed E-state index contributed by atoms with van der Waals surface area (Å²) in [4.78, 5) is 0.0477. The highest BCUT2D eigenvalue weighted by molar-refractivity contribution is 7.90. The summed E-state index contributed by atoms with van der Waals surface area (Å²) in [7, 11) is -3.84. The Balaban J connectivity index is 2.61. The van der Waals surface area contributed by atoms with Crippen molar-refractivity contribution in [2.75, 3.05) is 13.2 Å². The van der Waals surface area contributed by atoms with Crippen molar-refractivity contribution < 1.29 is 17.9 Å². The predicted molar refractivity (Wildman–Crippen MR) is 83.1 cm³/mol. The first-order valence-electron chi connectivity index (χ1n) is 7.08. The lowest BCUT2D eigenvalue weighted by Gasteiger charge is -2.13. The van der Waals surface area contributed by atoms with Crippen LogP contribution in [0.1, 0.15) is 25.2 Å². The Morgan fingerprint density at radius 1 is 1.09 bits per heavy atom. The average Bonchev–Trinajstić information content (AvgIpc) is 2.80. The Labute approximate surface area is 130 Å². The quantitative estimate of drug-likeness (QED) is 0.816. The van der Waals surface area contributed by atoms with E-state index in [-0.39, 0.29) is 4.90 Å². The van der Waals surface area contributed by atoms with E-state index in [1.807, 2.05) is 6.92 Å². The van der Waals surface area contributed by atoms with Crippen molar-refractivity contribution >= 4 is 10.0 Å². The number of nitrogens with zero attached hydrogens (tertiary/aromatic N) is 2. The van der Waals surface area contributed by atoms with E-state index in [2.05, 4.69) is 5.10 Å². The van der Waals surface area contributed by atoms with E-state index in [4.69, 9.17) is 9.47 Å². The lowest BCUT2D eigenvalue weighted by atomic mass is 10.3. The van der Waals surface area contributed by atoms with Crippen LogP contribution in [0.3, 0.4) is 0 Å². The number of hydrogen-bond donors (Lipinski definition) is 0. The van der Waals surface area contributed by atoms with Gasteiger partial charge in [0.15, 0.2) is 0 Å². The molecule has 0 N–H and O–H groups in total. The highest BCUT2D eigenvalue weighted by atomic mass is 32.2. The number of ether oxygens (including phenoxy) is 2. The van der Waals surface area contributed by atoms with Gasteiger partial charge in [0.1, 0.15) is 16.4 Å². The summed E-state index contributed by atoms with van der Waals surface area (Å²) in [5, 5.41) is 4.07. The minimum atomic E-state index is -3.84. The molecule has 1 aromatic heterocycles. The van der Waals surface area contributed by atoms with Gasteiger partial charge >= 0.3 is 0 Å². The van der Waals surface area contributed by atoms with Gasteiger partial charge in [-0.25, -0.2) is 0 Å². The number of aryl methyl sites for hydroxylation is 2. The molecule has 2 aromatic rings. The number of hydrogen-bond acceptors (Lipinski definition) is 5. The van der Waals surface area contributed by atoms with Gasteiger partial charge in [-0.1, -0.05) is 0 Å². The smallest absolute Gasteiger partial charge is 0.287 e. The third kappa shape index (κ3) is 3.09. The van der Waals surface area contributed by atoms with Crippen LogP contribution in [0.25, 0.3) is 0 Å². The van der Waals surface area contributed by atoms with E-state index in [0.717, 1.165) is 4.09 Å². The molecule has 0 aliphatic carbocycles. The second-order valence-corrected chi connectivity index (χ2v) is 6.49. The summed E-state index contributed by atoms with van der Waals surface area (Å²) in [6.45, 7) is 7.91. The van der Waals surface area contributed by atoms with Crippen LogP contribution in [0.15, 0.2) is 29.2 Å². The van der Waals surface area contributed by atoms with Crippen molar-refractivity contribution in [3.63, 3.8) is 0 Å². The molecule has 0 spiro atoms. The largest absolute Gasteiger partial charge is 0.494 e. The first-order chi connectivity index (χ1) is 10.4. The second-order valence-electron chi connectivity index (χ2n) is 4.75. The predicted octanol–water partition coefficient (Wildman–Crippen LogP) is 2.53. The van der Waals surface area contributed by atoms with E-state index < -0.39 is 10.0 Å². The molecule has 1 aromatic carbocycles. The Bertz CT molecular complexity index is 766. The van der Waals surface area contributed by atoms with Gasteiger partial charge in [0.25, 0.3) is 10.0 Å². The van der Waals surface area contributed by atoms with Crippen LogP contribution in [-0.4, -0.2) is 30.8 Å². The molecule has 0 radical (unpaired) electrons. The van der Waals surface area contributed by atoms with E-state index in [9.17, 15) is 8.42 Å². The van der Waals surface area contributed by atoms with E-state index in [0.29, 0.717) is 36.1 Å². The topological polar surface area (TPSA) is 70.4 Å². The Kier molecular flexibility index (Phi) is 4.75. The molecule has 6 nitrogen and oxygen atoms in total. The van der Waals surface area contributed by atoms with Gasteiger partial charge in [-0.15, -0.1) is 0 Å². The zero-order valence-corrected chi connectivity index (χ0v) is 14.0. The molecule has 0 saturated carbocycles. The van der Waals surface area contributed by atoms with E-state index >= 15 is 0 Å². The van der Waals surface area contributed by atoms with Gasteiger partial charge in [0.2, 0.25) is 0 Å². The highest BCUT2D eigenvalue weighted by Crippen LogP contribution is 2.30. The zero-order chi connectivity index (χ0) is 16.3. The molecule has 120 valence electrons. The van der Waals surface area contributed by atoms with Gasteiger partial charge in [0.05, 0.1) is 24.6 Å². The molecule has 0 aliphatic heterocycles. The Morgan fingerprint density at radius 3 is 2.32 bits per heavy atom. The first-order valence-corrected chi connectivity index (χ1v) is 8.52. The highest BCUT2D eigenvalue weighted by Gasteiger charge is 2.25. The molecular formula is C15H20N2O4S. The molecule has 0 saturated heterocycles. The minimum absolute atomic E-state index is 0.0477. The SMILES string of the molecule is CCOc1ccc(OCC)c(S(=O)(=O)n2nc(C)cc2C)c1. The van der Waals surface area contributed by atoms with E-state index in [1.165, 1.54) is 6.07 Å². The molecule has 0 amide bonds. The van der Waals surface area contributed by atoms with Crippen molar-refractivity contribution in [1.82, 2.24) is 9.19 Å². The molecule has 1 heterocycles. The van der Waals surface area contributed by atoms with Crippen LogP contribution in [0.4, 0.5) is 0 Å². The number of rotatable bonds is 6. The molecule has 0 fully saturated rings. The number of aromatic nitrogens is 2. The van der Waals surface area contributed by atoms with Crippen LogP contribution >= 0.6 is 0 Å². The fourth-order valence-corrected chi connectivity index (χ4v) is 3.67. The average molecular weight is 324 g/mol. The molecule has 22 heavy (non-hydrogen) atoms. The fourth-order valence-electron chi connectivity index (χ4n) is 2.17. The summed E-state index contributed by atoms with van der Waals surface area (Å²) >= 11 is 0. The number of benzene rings is 1. The molecule has 0 unspecified atom stereocenters. The van der Waals surface area contributed by atoms with Gasteiger partial charge in [0, 0.05) is 6.07 Å². The Morgan fingerprint density at radius 2 is 1.77 bits per heavy atom. The normalized spacial score (nSPS) is 11.5. The van der Waals surface area contributed by atoms with Gasteiger partial charge in [-0.2, -0.15) is 17.6 Å². The summed E-state index contributed by atoms with van der Waals surface area (Å²) in [5.74, 6) is 0.768. The van der Waals surface area contributed by atoms with Gasteiger partial charge < -0.3 is 9.47 Å². The van der Waals surface area contributed by atoms with Crippen LogP contribution in [0, 0.1) is 13.8 Å². The van der Waals surface area contributed by atoms with E-state index in [1.54, 1.807) is 39.0 Å². The minimum Gasteiger partial charge on any atom is -0.494 e. The first kappa shape index (κ1) is 16.4. The second kappa shape index (κ2) is 6.39. The summed E-state index contributed by atoms with van der Waals surface area (Å²) in [6, 6.07) is 6.48. The van der Waals surface area contributed by atoms with Crippen molar-refractivity contribution in [3.8, 4) is 11.5 Å². The third-order valence-corrected chi connectivity index (χ3v) is 4.70. The standard InChI is InChI=1S/C15H20N2O4S/c1-5-20-13-7-8-14(21-6-2)15(10-13)22(18,19)17-12(4)9-11(3)16-17/h7-10H,5-6H2,1-4H3. The maximum absolute atomic E-state index is 12.9. The summed E-state index contributed by atoms with van der Waals surface area (Å²) in [6.07, 6.45) is 0. The summed E-state index contributed by atoms with van der Waals surface area (Å²) in [5.41, 5.74) is 1.18. The van der Waals surface area contributed by atoms with Crippen LogP contribution in [-0.2, 0) is 10.0 Å². The molecule has 7 heteroatoms. The molecule has 0 aliphatic rings. The van der Waals surface area contributed by atoms with Gasteiger partial charge in [-0.3, -0.25) is 0 Å². The lowest BCUT2D eigenvalue weighted by molar-refractivity contribution is 0.322. The van der Waals surface area contributed by atoms with Crippen molar-refractivity contribution in [2.45, 2.75) is 32.6 Å². The van der Waals surface area contributed by atoms with Crippen molar-refractivity contribution in [3.05, 3.63) is 35.7 Å². The third-order valence-electron chi connectivity index (χ3n) is 3.00. The molecule has 0 bridgehead atoms.